The van der Waals surface area contributed by atoms with Gasteiger partial charge in [-0.05, 0) is 25.7 Å². The molecule has 0 aromatic heterocycles. The van der Waals surface area contributed by atoms with Gasteiger partial charge in [0.25, 0.3) is 0 Å². The van der Waals surface area contributed by atoms with Gasteiger partial charge >= 0.3 is 5.97 Å². The second kappa shape index (κ2) is 10.9. The van der Waals surface area contributed by atoms with Crippen molar-refractivity contribution in [2.75, 3.05) is 13.2 Å². The molecule has 7 nitrogen and oxygen atoms in total. The number of cyclic esters (lactones) is 1. The Labute approximate surface area is 149 Å². The van der Waals surface area contributed by atoms with Crippen molar-refractivity contribution >= 4 is 17.8 Å². The molecule has 0 bridgehead atoms. The number of aliphatic hydroxyl groups excluding tert-OH is 1. The highest BCUT2D eigenvalue weighted by atomic mass is 16.5. The summed E-state index contributed by atoms with van der Waals surface area (Å²) < 4.78 is 5.23. The molecule has 1 aliphatic heterocycles. The maximum absolute atomic E-state index is 12.6. The first-order chi connectivity index (χ1) is 11.8. The summed E-state index contributed by atoms with van der Waals surface area (Å²) in [6, 6.07) is -0.637. The molecule has 0 aliphatic carbocycles. The summed E-state index contributed by atoms with van der Waals surface area (Å²) in [5, 5.41) is 14.6. The molecule has 25 heavy (non-hydrogen) atoms. The quantitative estimate of drug-likeness (QED) is 0.503. The van der Waals surface area contributed by atoms with E-state index in [1.807, 2.05) is 26.0 Å². The third kappa shape index (κ3) is 8.16. The van der Waals surface area contributed by atoms with Gasteiger partial charge in [0, 0.05) is 18.9 Å². The minimum atomic E-state index is -0.501. The van der Waals surface area contributed by atoms with Gasteiger partial charge in [-0.2, -0.15) is 0 Å². The maximum atomic E-state index is 12.6. The molecule has 1 rings (SSSR count). The van der Waals surface area contributed by atoms with Crippen molar-refractivity contribution in [1.29, 1.82) is 0 Å². The maximum Gasteiger partial charge on any atom is 0.306 e. The molecule has 3 atom stereocenters. The predicted octanol–water partition coefficient (Wildman–Crippen LogP) is 0.914. The highest BCUT2D eigenvalue weighted by molar-refractivity contribution is 5.86. The molecule has 7 heteroatoms. The van der Waals surface area contributed by atoms with Crippen LogP contribution < -0.4 is 10.6 Å². The lowest BCUT2D eigenvalue weighted by atomic mass is 9.97. The number of allylic oxidation sites excluding steroid dienone is 2. The smallest absolute Gasteiger partial charge is 0.306 e. The van der Waals surface area contributed by atoms with Crippen LogP contribution in [-0.4, -0.2) is 48.2 Å². The molecule has 3 N–H and O–H groups in total. The van der Waals surface area contributed by atoms with E-state index in [0.29, 0.717) is 19.3 Å². The van der Waals surface area contributed by atoms with Crippen LogP contribution in [0.25, 0.3) is 0 Å². The van der Waals surface area contributed by atoms with Crippen LogP contribution in [0, 0.1) is 11.8 Å². The summed E-state index contributed by atoms with van der Waals surface area (Å²) >= 11 is 0. The van der Waals surface area contributed by atoms with Gasteiger partial charge in [0.1, 0.15) is 6.61 Å². The molecule has 1 aliphatic rings. The normalized spacial score (nSPS) is 23.9. The summed E-state index contributed by atoms with van der Waals surface area (Å²) in [5.41, 5.74) is 0. The molecule has 0 fully saturated rings. The zero-order valence-corrected chi connectivity index (χ0v) is 15.3. The lowest BCUT2D eigenvalue weighted by molar-refractivity contribution is -0.145. The van der Waals surface area contributed by atoms with Crippen LogP contribution in [0.15, 0.2) is 12.2 Å². The summed E-state index contributed by atoms with van der Waals surface area (Å²) in [4.78, 5) is 36.3. The Bertz CT molecular complexity index is 490. The molecule has 0 radical (unpaired) electrons. The number of esters is 1. The van der Waals surface area contributed by atoms with Gasteiger partial charge in [0.2, 0.25) is 11.8 Å². The van der Waals surface area contributed by atoms with Crippen LogP contribution in [0.1, 0.15) is 46.5 Å². The second-order valence-electron chi connectivity index (χ2n) is 6.84. The van der Waals surface area contributed by atoms with Crippen LogP contribution in [0.4, 0.5) is 0 Å². The van der Waals surface area contributed by atoms with Gasteiger partial charge in [-0.3, -0.25) is 14.4 Å². The standard InChI is InChI=1S/C18H30N2O5/c1-12(2)15-11-25-17(23)8-6-4-5-7-14(18(24)20-15)9-16(22)19-13(3)10-21/h4-5,12-15,21H,6-11H2,1-3H3,(H,19,22)(H,20,24). The van der Waals surface area contributed by atoms with Crippen molar-refractivity contribution in [3.05, 3.63) is 12.2 Å². The first-order valence-electron chi connectivity index (χ1n) is 8.84. The summed E-state index contributed by atoms with van der Waals surface area (Å²) in [5.74, 6) is -1.18. The summed E-state index contributed by atoms with van der Waals surface area (Å²) in [6.07, 6.45) is 4.98. The van der Waals surface area contributed by atoms with E-state index in [2.05, 4.69) is 10.6 Å². The average Bonchev–Trinajstić information content (AvgIpc) is 2.55. The fourth-order valence-corrected chi connectivity index (χ4v) is 2.42. The van der Waals surface area contributed by atoms with E-state index in [-0.39, 0.29) is 55.4 Å². The average molecular weight is 354 g/mol. The first kappa shape index (κ1) is 21.2. The van der Waals surface area contributed by atoms with Crippen molar-refractivity contribution in [3.8, 4) is 0 Å². The molecule has 142 valence electrons. The second-order valence-corrected chi connectivity index (χ2v) is 6.84. The van der Waals surface area contributed by atoms with Gasteiger partial charge in [-0.1, -0.05) is 26.0 Å². The molecule has 0 saturated heterocycles. The number of ether oxygens (including phenoxy) is 1. The third-order valence-electron chi connectivity index (χ3n) is 4.14. The topological polar surface area (TPSA) is 105 Å². The molecule has 0 spiro atoms. The Morgan fingerprint density at radius 3 is 2.72 bits per heavy atom. The number of hydrogen-bond acceptors (Lipinski definition) is 5. The Morgan fingerprint density at radius 1 is 1.36 bits per heavy atom. The molecule has 3 unspecified atom stereocenters. The van der Waals surface area contributed by atoms with E-state index in [0.717, 1.165) is 0 Å². The number of amides is 2. The van der Waals surface area contributed by atoms with Crippen LogP contribution >= 0.6 is 0 Å². The predicted molar refractivity (Wildman–Crippen MR) is 93.5 cm³/mol. The molecule has 1 heterocycles. The Balaban J connectivity index is 2.81. The number of carbonyl (C=O) groups is 3. The van der Waals surface area contributed by atoms with E-state index in [1.165, 1.54) is 0 Å². The highest BCUT2D eigenvalue weighted by Crippen LogP contribution is 2.14. The number of nitrogens with one attached hydrogen (secondary N) is 2. The Kier molecular flexibility index (Phi) is 9.20. The zero-order valence-electron chi connectivity index (χ0n) is 15.3. The van der Waals surface area contributed by atoms with E-state index in [1.54, 1.807) is 6.92 Å². The van der Waals surface area contributed by atoms with E-state index < -0.39 is 5.92 Å². The van der Waals surface area contributed by atoms with Gasteiger partial charge in [-0.25, -0.2) is 0 Å². The number of aliphatic hydroxyl groups is 1. The summed E-state index contributed by atoms with van der Waals surface area (Å²) in [6.45, 7) is 5.56. The van der Waals surface area contributed by atoms with Crippen LogP contribution in [0.5, 0.6) is 0 Å². The zero-order chi connectivity index (χ0) is 18.8. The van der Waals surface area contributed by atoms with Crippen LogP contribution in [0.2, 0.25) is 0 Å². The Morgan fingerprint density at radius 2 is 2.08 bits per heavy atom. The summed E-state index contributed by atoms with van der Waals surface area (Å²) in [7, 11) is 0. The lowest BCUT2D eigenvalue weighted by Gasteiger charge is -2.25. The fraction of sp³-hybridized carbons (Fsp3) is 0.722. The minimum Gasteiger partial charge on any atom is -0.463 e. The molecule has 0 saturated carbocycles. The molecular formula is C18H30N2O5. The first-order valence-corrected chi connectivity index (χ1v) is 8.84. The van der Waals surface area contributed by atoms with Gasteiger partial charge in [0.15, 0.2) is 0 Å². The highest BCUT2D eigenvalue weighted by Gasteiger charge is 2.26. The minimum absolute atomic E-state index is 0.0467. The fourth-order valence-electron chi connectivity index (χ4n) is 2.42. The molecular weight excluding hydrogens is 324 g/mol. The van der Waals surface area contributed by atoms with E-state index in [4.69, 9.17) is 9.84 Å². The third-order valence-corrected chi connectivity index (χ3v) is 4.14. The number of hydrogen-bond donors (Lipinski definition) is 3. The van der Waals surface area contributed by atoms with Crippen molar-refractivity contribution in [2.45, 2.75) is 58.5 Å². The van der Waals surface area contributed by atoms with Gasteiger partial charge in [-0.15, -0.1) is 0 Å². The Hall–Kier alpha value is -1.89. The molecule has 2 amide bonds. The monoisotopic (exact) mass is 354 g/mol. The van der Waals surface area contributed by atoms with Gasteiger partial charge in [0.05, 0.1) is 18.6 Å². The number of carbonyl (C=O) groups excluding carboxylic acids is 3. The van der Waals surface area contributed by atoms with E-state index >= 15 is 0 Å². The molecule has 0 aromatic carbocycles. The largest absolute Gasteiger partial charge is 0.463 e. The van der Waals surface area contributed by atoms with Crippen molar-refractivity contribution in [1.82, 2.24) is 10.6 Å². The number of rotatable bonds is 5. The van der Waals surface area contributed by atoms with Crippen LogP contribution in [0.3, 0.4) is 0 Å². The van der Waals surface area contributed by atoms with Gasteiger partial charge < -0.3 is 20.5 Å². The van der Waals surface area contributed by atoms with Crippen LogP contribution in [-0.2, 0) is 19.1 Å². The van der Waals surface area contributed by atoms with E-state index in [9.17, 15) is 14.4 Å². The lowest BCUT2D eigenvalue weighted by Crippen LogP contribution is -2.46. The van der Waals surface area contributed by atoms with Crippen molar-refractivity contribution < 1.29 is 24.2 Å². The van der Waals surface area contributed by atoms with Crippen molar-refractivity contribution in [2.24, 2.45) is 11.8 Å². The molecule has 0 aromatic rings. The SMILES string of the molecule is CC(CO)NC(=O)CC1CC=CCCC(=O)OCC(C(C)C)NC1=O. The van der Waals surface area contributed by atoms with Crippen molar-refractivity contribution in [3.63, 3.8) is 0 Å².